The molecule has 2 aromatic rings. The second kappa shape index (κ2) is 9.11. The molecule has 0 radical (unpaired) electrons. The van der Waals surface area contributed by atoms with E-state index in [9.17, 15) is 9.59 Å². The molecule has 0 aliphatic rings. The smallest absolute Gasteiger partial charge is 0.314 e. The third kappa shape index (κ3) is 5.52. The number of hydrogen-bond donors (Lipinski definition) is 4. The van der Waals surface area contributed by atoms with Crippen molar-refractivity contribution in [1.82, 2.24) is 20.9 Å². The van der Waals surface area contributed by atoms with E-state index in [0.29, 0.717) is 19.5 Å². The van der Waals surface area contributed by atoms with Crippen molar-refractivity contribution in [1.29, 1.82) is 0 Å². The first-order chi connectivity index (χ1) is 12.0. The number of rotatable bonds is 8. The number of aromatic nitrogens is 1. The Kier molecular flexibility index (Phi) is 6.86. The fraction of sp³-hybridized carbons (Fsp3) is 0.474. The summed E-state index contributed by atoms with van der Waals surface area (Å²) in [6.07, 6.45) is 1.95. The summed E-state index contributed by atoms with van der Waals surface area (Å²) in [5, 5.41) is 9.63. The number of benzene rings is 1. The van der Waals surface area contributed by atoms with Crippen LogP contribution in [0.5, 0.6) is 0 Å². The van der Waals surface area contributed by atoms with Gasteiger partial charge in [-0.2, -0.15) is 0 Å². The number of hydrogen-bond acceptors (Lipinski definition) is 2. The molecule has 0 saturated heterocycles. The minimum Gasteiger partial charge on any atom is -0.358 e. The molecular weight excluding hydrogens is 316 g/mol. The highest BCUT2D eigenvalue weighted by Crippen LogP contribution is 2.21. The van der Waals surface area contributed by atoms with Crippen molar-refractivity contribution in [3.8, 4) is 0 Å². The molecule has 0 unspecified atom stereocenters. The fourth-order valence-electron chi connectivity index (χ4n) is 2.76. The Morgan fingerprint density at radius 1 is 1.16 bits per heavy atom. The summed E-state index contributed by atoms with van der Waals surface area (Å²) in [5.74, 6) is -0.0379. The van der Waals surface area contributed by atoms with Gasteiger partial charge < -0.3 is 20.9 Å². The van der Waals surface area contributed by atoms with Crippen molar-refractivity contribution in [2.24, 2.45) is 0 Å². The normalized spacial score (nSPS) is 12.0. The predicted molar refractivity (Wildman–Crippen MR) is 101 cm³/mol. The molecule has 1 aromatic carbocycles. The molecule has 0 fully saturated rings. The molecule has 1 heterocycles. The van der Waals surface area contributed by atoms with Crippen LogP contribution < -0.4 is 16.0 Å². The second-order valence-corrected chi connectivity index (χ2v) is 6.33. The molecule has 1 aromatic heterocycles. The first-order valence-electron chi connectivity index (χ1n) is 8.88. The number of amides is 3. The summed E-state index contributed by atoms with van der Waals surface area (Å²) in [7, 11) is 0. The molecule has 0 aliphatic carbocycles. The zero-order chi connectivity index (χ0) is 18.2. The van der Waals surface area contributed by atoms with Gasteiger partial charge in [-0.25, -0.2) is 4.79 Å². The van der Waals surface area contributed by atoms with E-state index >= 15 is 0 Å². The molecule has 0 bridgehead atoms. The average Bonchev–Trinajstić information content (AvgIpc) is 2.90. The van der Waals surface area contributed by atoms with E-state index in [1.54, 1.807) is 0 Å². The van der Waals surface area contributed by atoms with Crippen molar-refractivity contribution in [3.63, 3.8) is 0 Å². The molecule has 136 valence electrons. The maximum absolute atomic E-state index is 11.8. The molecule has 25 heavy (non-hydrogen) atoms. The Hall–Kier alpha value is -2.50. The Morgan fingerprint density at radius 3 is 2.64 bits per heavy atom. The Balaban J connectivity index is 1.70. The van der Waals surface area contributed by atoms with Crippen LogP contribution in [-0.2, 0) is 11.2 Å². The number of urea groups is 1. The van der Waals surface area contributed by atoms with Crippen LogP contribution in [0.2, 0.25) is 0 Å². The number of carbonyl (C=O) groups excluding carboxylic acids is 2. The maximum Gasteiger partial charge on any atom is 0.314 e. The van der Waals surface area contributed by atoms with Crippen LogP contribution >= 0.6 is 0 Å². The SMILES string of the molecule is CC[C@@H](C)NC(=O)CCNC(=O)NCCc1c(C)[nH]c2ccccc12. The number of H-pyrrole nitrogens is 1. The summed E-state index contributed by atoms with van der Waals surface area (Å²) in [5.41, 5.74) is 3.47. The van der Waals surface area contributed by atoms with Gasteiger partial charge in [0.2, 0.25) is 5.91 Å². The number of carbonyl (C=O) groups is 2. The minimum absolute atomic E-state index is 0.0379. The lowest BCUT2D eigenvalue weighted by molar-refractivity contribution is -0.121. The third-order valence-electron chi connectivity index (χ3n) is 4.34. The van der Waals surface area contributed by atoms with Gasteiger partial charge in [-0.05, 0) is 38.3 Å². The van der Waals surface area contributed by atoms with Gasteiger partial charge in [-0.15, -0.1) is 0 Å². The Bertz CT molecular complexity index is 723. The van der Waals surface area contributed by atoms with Gasteiger partial charge in [0.25, 0.3) is 0 Å². The van der Waals surface area contributed by atoms with Gasteiger partial charge in [0.15, 0.2) is 0 Å². The number of para-hydroxylation sites is 1. The van der Waals surface area contributed by atoms with Crippen molar-refractivity contribution < 1.29 is 9.59 Å². The zero-order valence-electron chi connectivity index (χ0n) is 15.2. The van der Waals surface area contributed by atoms with Crippen LogP contribution in [0.15, 0.2) is 24.3 Å². The lowest BCUT2D eigenvalue weighted by atomic mass is 10.1. The molecular formula is C19H28N4O2. The van der Waals surface area contributed by atoms with Gasteiger partial charge in [0, 0.05) is 42.1 Å². The standard InChI is InChI=1S/C19H28N4O2/c1-4-13(2)22-18(24)10-12-21-19(25)20-11-9-15-14(3)23-17-8-6-5-7-16(15)17/h5-8,13,23H,4,9-12H2,1-3H3,(H,22,24)(H2,20,21,25)/t13-/m1/s1. The Morgan fingerprint density at radius 2 is 1.88 bits per heavy atom. The van der Waals surface area contributed by atoms with E-state index in [2.05, 4.69) is 33.1 Å². The third-order valence-corrected chi connectivity index (χ3v) is 4.34. The van der Waals surface area contributed by atoms with E-state index in [0.717, 1.165) is 24.1 Å². The van der Waals surface area contributed by atoms with E-state index in [4.69, 9.17) is 0 Å². The first kappa shape index (κ1) is 18.8. The van der Waals surface area contributed by atoms with E-state index in [-0.39, 0.29) is 18.0 Å². The molecule has 0 spiro atoms. The van der Waals surface area contributed by atoms with Crippen molar-refractivity contribution in [2.45, 2.75) is 46.1 Å². The van der Waals surface area contributed by atoms with Gasteiger partial charge in [-0.3, -0.25) is 4.79 Å². The van der Waals surface area contributed by atoms with Gasteiger partial charge in [-0.1, -0.05) is 25.1 Å². The number of nitrogens with one attached hydrogen (secondary N) is 4. The second-order valence-electron chi connectivity index (χ2n) is 6.33. The predicted octanol–water partition coefficient (Wildman–Crippen LogP) is 2.62. The van der Waals surface area contributed by atoms with Gasteiger partial charge in [0.05, 0.1) is 0 Å². The van der Waals surface area contributed by atoms with Crippen LogP contribution in [-0.4, -0.2) is 36.1 Å². The number of aryl methyl sites for hydroxylation is 1. The lowest BCUT2D eigenvalue weighted by Crippen LogP contribution is -2.39. The van der Waals surface area contributed by atoms with Crippen LogP contribution in [0.1, 0.15) is 37.9 Å². The van der Waals surface area contributed by atoms with E-state index in [1.807, 2.05) is 32.9 Å². The average molecular weight is 344 g/mol. The highest BCUT2D eigenvalue weighted by atomic mass is 16.2. The summed E-state index contributed by atoms with van der Waals surface area (Å²) >= 11 is 0. The first-order valence-corrected chi connectivity index (χ1v) is 8.88. The van der Waals surface area contributed by atoms with Crippen LogP contribution in [0.3, 0.4) is 0 Å². The lowest BCUT2D eigenvalue weighted by Gasteiger charge is -2.12. The molecule has 3 amide bonds. The maximum atomic E-state index is 11.8. The zero-order valence-corrected chi connectivity index (χ0v) is 15.2. The topological polar surface area (TPSA) is 86.0 Å². The van der Waals surface area contributed by atoms with Crippen molar-refractivity contribution in [2.75, 3.05) is 13.1 Å². The molecule has 0 aliphatic heterocycles. The molecule has 1 atom stereocenters. The minimum atomic E-state index is -0.242. The van der Waals surface area contributed by atoms with Crippen LogP contribution in [0.4, 0.5) is 4.79 Å². The monoisotopic (exact) mass is 344 g/mol. The quantitative estimate of drug-likeness (QED) is 0.593. The molecule has 6 nitrogen and oxygen atoms in total. The van der Waals surface area contributed by atoms with Crippen molar-refractivity contribution >= 4 is 22.8 Å². The van der Waals surface area contributed by atoms with Gasteiger partial charge in [0.1, 0.15) is 0 Å². The molecule has 0 saturated carbocycles. The van der Waals surface area contributed by atoms with Crippen molar-refractivity contribution in [3.05, 3.63) is 35.5 Å². The molecule has 4 N–H and O–H groups in total. The molecule has 2 rings (SSSR count). The van der Waals surface area contributed by atoms with E-state index in [1.165, 1.54) is 10.9 Å². The summed E-state index contributed by atoms with van der Waals surface area (Å²) in [4.78, 5) is 26.8. The molecule has 6 heteroatoms. The summed E-state index contributed by atoms with van der Waals surface area (Å²) < 4.78 is 0. The summed E-state index contributed by atoms with van der Waals surface area (Å²) in [6, 6.07) is 8.09. The van der Waals surface area contributed by atoms with Crippen LogP contribution in [0, 0.1) is 6.92 Å². The fourth-order valence-corrected chi connectivity index (χ4v) is 2.76. The Labute approximate surface area is 148 Å². The van der Waals surface area contributed by atoms with E-state index < -0.39 is 0 Å². The van der Waals surface area contributed by atoms with Crippen LogP contribution in [0.25, 0.3) is 10.9 Å². The highest BCUT2D eigenvalue weighted by Gasteiger charge is 2.09. The largest absolute Gasteiger partial charge is 0.358 e. The number of aromatic amines is 1. The van der Waals surface area contributed by atoms with Gasteiger partial charge >= 0.3 is 6.03 Å². The summed E-state index contributed by atoms with van der Waals surface area (Å²) in [6.45, 7) is 6.91. The number of fused-ring (bicyclic) bond motifs is 1. The highest BCUT2D eigenvalue weighted by molar-refractivity contribution is 5.84.